The first-order valence-corrected chi connectivity index (χ1v) is 7.71. The molecule has 1 aromatic carbocycles. The molecule has 8 nitrogen and oxygen atoms in total. The molecule has 0 radical (unpaired) electrons. The Balaban J connectivity index is 1.84. The van der Waals surface area contributed by atoms with Gasteiger partial charge in [-0.2, -0.15) is 10.2 Å². The maximum Gasteiger partial charge on any atom is 0.339 e. The minimum Gasteiger partial charge on any atom is -0.478 e. The smallest absolute Gasteiger partial charge is 0.339 e. The highest BCUT2D eigenvalue weighted by molar-refractivity contribution is 6.09. The van der Waals surface area contributed by atoms with Gasteiger partial charge in [-0.1, -0.05) is 0 Å². The lowest BCUT2D eigenvalue weighted by molar-refractivity contribution is 0.0692. The minimum absolute atomic E-state index is 0.0172. The second-order valence-electron chi connectivity index (χ2n) is 5.76. The number of benzene rings is 1. The van der Waals surface area contributed by atoms with Crippen molar-refractivity contribution in [2.24, 2.45) is 7.05 Å². The average Bonchev–Trinajstić information content (AvgIpc) is 3.28. The molecule has 13 heteroatoms. The zero-order valence-electron chi connectivity index (χ0n) is 14.4. The van der Waals surface area contributed by atoms with Gasteiger partial charge in [-0.15, -0.1) is 0 Å². The lowest BCUT2D eigenvalue weighted by atomic mass is 10.1. The number of anilines is 1. The summed E-state index contributed by atoms with van der Waals surface area (Å²) in [6.07, 6.45) is 3.08. The lowest BCUT2D eigenvalue weighted by Crippen LogP contribution is -2.19. The summed E-state index contributed by atoms with van der Waals surface area (Å²) in [4.78, 5) is 23.4. The van der Waals surface area contributed by atoms with Crippen molar-refractivity contribution in [3.05, 3.63) is 64.5 Å². The Bertz CT molecular complexity index is 1110. The number of hydrogen-bond acceptors (Lipinski definition) is 4. The van der Waals surface area contributed by atoms with Crippen molar-refractivity contribution < 1.29 is 36.6 Å². The fourth-order valence-electron chi connectivity index (χ4n) is 2.52. The van der Waals surface area contributed by atoms with E-state index in [9.17, 15) is 31.5 Å². The van der Waals surface area contributed by atoms with Crippen molar-refractivity contribution in [1.82, 2.24) is 19.6 Å². The largest absolute Gasteiger partial charge is 0.478 e. The van der Waals surface area contributed by atoms with Crippen LogP contribution >= 0.6 is 0 Å². The highest BCUT2D eigenvalue weighted by atomic mass is 19.2. The number of nitrogens with one attached hydrogen (secondary N) is 1. The molecule has 2 aromatic heterocycles. The van der Waals surface area contributed by atoms with Crippen LogP contribution in [-0.2, 0) is 13.6 Å². The molecular formula is C16H10F5N5O3. The van der Waals surface area contributed by atoms with Gasteiger partial charge in [0, 0.05) is 13.2 Å². The Kier molecular flexibility index (Phi) is 5.05. The number of hydrogen-bond donors (Lipinski definition) is 2. The van der Waals surface area contributed by atoms with Gasteiger partial charge in [0.15, 0.2) is 23.3 Å². The zero-order valence-corrected chi connectivity index (χ0v) is 14.4. The first-order valence-electron chi connectivity index (χ1n) is 7.71. The molecular weight excluding hydrogens is 405 g/mol. The van der Waals surface area contributed by atoms with Gasteiger partial charge < -0.3 is 10.4 Å². The van der Waals surface area contributed by atoms with Crippen LogP contribution < -0.4 is 5.32 Å². The van der Waals surface area contributed by atoms with Crippen LogP contribution in [0.15, 0.2) is 18.6 Å². The molecule has 0 fully saturated rings. The second-order valence-corrected chi connectivity index (χ2v) is 5.76. The second kappa shape index (κ2) is 7.33. The molecule has 3 aromatic rings. The number of amides is 1. The predicted octanol–water partition coefficient (Wildman–Crippen LogP) is 2.31. The molecule has 2 N–H and O–H groups in total. The lowest BCUT2D eigenvalue weighted by Gasteiger charge is -2.08. The Labute approximate surface area is 158 Å². The van der Waals surface area contributed by atoms with E-state index >= 15 is 0 Å². The Morgan fingerprint density at radius 3 is 2.17 bits per heavy atom. The van der Waals surface area contributed by atoms with E-state index in [4.69, 9.17) is 5.11 Å². The van der Waals surface area contributed by atoms with E-state index in [1.165, 1.54) is 7.05 Å². The first kappa shape index (κ1) is 20.0. The minimum atomic E-state index is -2.28. The van der Waals surface area contributed by atoms with Crippen LogP contribution in [-0.4, -0.2) is 36.5 Å². The van der Waals surface area contributed by atoms with E-state index in [1.54, 1.807) is 0 Å². The number of nitrogens with zero attached hydrogens (tertiary/aromatic N) is 4. The number of carbonyl (C=O) groups is 2. The number of aryl methyl sites for hydroxylation is 1. The quantitative estimate of drug-likeness (QED) is 0.378. The van der Waals surface area contributed by atoms with E-state index < -0.39 is 53.1 Å². The van der Waals surface area contributed by atoms with Crippen molar-refractivity contribution in [2.75, 3.05) is 5.32 Å². The molecule has 0 saturated heterocycles. The Morgan fingerprint density at radius 1 is 1.00 bits per heavy atom. The third-order valence-corrected chi connectivity index (χ3v) is 3.90. The van der Waals surface area contributed by atoms with Gasteiger partial charge in [-0.3, -0.25) is 14.2 Å². The van der Waals surface area contributed by atoms with Gasteiger partial charge in [0.1, 0.15) is 11.3 Å². The van der Waals surface area contributed by atoms with Gasteiger partial charge in [0.2, 0.25) is 5.82 Å². The molecule has 0 atom stereocenters. The van der Waals surface area contributed by atoms with E-state index in [0.717, 1.165) is 28.0 Å². The molecule has 0 unspecified atom stereocenters. The number of rotatable bonds is 5. The molecule has 3 rings (SSSR count). The summed E-state index contributed by atoms with van der Waals surface area (Å²) in [5.41, 5.74) is -1.76. The van der Waals surface area contributed by atoms with Gasteiger partial charge >= 0.3 is 5.97 Å². The van der Waals surface area contributed by atoms with E-state index in [2.05, 4.69) is 15.5 Å². The third kappa shape index (κ3) is 3.53. The summed E-state index contributed by atoms with van der Waals surface area (Å²) < 4.78 is 69.0. The maximum absolute atomic E-state index is 13.8. The molecule has 0 bridgehead atoms. The molecule has 152 valence electrons. The van der Waals surface area contributed by atoms with Crippen LogP contribution in [0.25, 0.3) is 0 Å². The molecule has 1 amide bonds. The van der Waals surface area contributed by atoms with Crippen molar-refractivity contribution in [2.45, 2.75) is 6.54 Å². The number of aromatic nitrogens is 4. The summed E-state index contributed by atoms with van der Waals surface area (Å²) in [7, 11) is 1.34. The normalized spacial score (nSPS) is 11.0. The highest BCUT2D eigenvalue weighted by Gasteiger charge is 2.26. The molecule has 29 heavy (non-hydrogen) atoms. The van der Waals surface area contributed by atoms with Crippen LogP contribution in [0.4, 0.5) is 27.6 Å². The van der Waals surface area contributed by atoms with Gasteiger partial charge in [-0.25, -0.2) is 26.7 Å². The highest BCUT2D eigenvalue weighted by Crippen LogP contribution is 2.24. The number of carboxylic acid groups (broad SMARTS) is 1. The van der Waals surface area contributed by atoms with Gasteiger partial charge in [0.25, 0.3) is 5.91 Å². The number of aromatic carboxylic acids is 1. The summed E-state index contributed by atoms with van der Waals surface area (Å²) in [5.74, 6) is -12.7. The Hall–Kier alpha value is -3.77. The molecule has 0 spiro atoms. The van der Waals surface area contributed by atoms with Crippen LogP contribution in [0, 0.1) is 29.1 Å². The third-order valence-electron chi connectivity index (χ3n) is 3.90. The van der Waals surface area contributed by atoms with Crippen molar-refractivity contribution >= 4 is 17.6 Å². The van der Waals surface area contributed by atoms with Gasteiger partial charge in [-0.05, 0) is 0 Å². The maximum atomic E-state index is 13.8. The number of carboxylic acids is 1. The SMILES string of the molecule is Cn1ncc(C(=O)O)c1C(=O)Nc1cnn(Cc2c(F)c(F)c(F)c(F)c2F)c1. The predicted molar refractivity (Wildman–Crippen MR) is 85.7 cm³/mol. The molecule has 2 heterocycles. The van der Waals surface area contributed by atoms with Crippen LogP contribution in [0.2, 0.25) is 0 Å². The molecule has 0 aliphatic heterocycles. The van der Waals surface area contributed by atoms with Crippen molar-refractivity contribution in [1.29, 1.82) is 0 Å². The van der Waals surface area contributed by atoms with E-state index in [-0.39, 0.29) is 16.9 Å². The fourth-order valence-corrected chi connectivity index (χ4v) is 2.52. The van der Waals surface area contributed by atoms with Gasteiger partial charge in [0.05, 0.1) is 30.2 Å². The van der Waals surface area contributed by atoms with Crippen molar-refractivity contribution in [3.8, 4) is 0 Å². The molecule has 0 aliphatic carbocycles. The summed E-state index contributed by atoms with van der Waals surface area (Å²) >= 11 is 0. The average molecular weight is 415 g/mol. The topological polar surface area (TPSA) is 102 Å². The molecule has 0 saturated carbocycles. The fraction of sp³-hybridized carbons (Fsp3) is 0.125. The van der Waals surface area contributed by atoms with Crippen molar-refractivity contribution in [3.63, 3.8) is 0 Å². The number of halogens is 5. The first-order chi connectivity index (χ1) is 13.6. The zero-order chi connectivity index (χ0) is 21.5. The standard InChI is InChI=1S/C16H10F5N5O3/c1-25-14(7(3-22-25)16(28)29)15(27)24-6-2-23-26(4-6)5-8-9(17)11(19)13(21)12(20)10(8)18/h2-4H,5H2,1H3,(H,24,27)(H,28,29). The van der Waals surface area contributed by atoms with E-state index in [0.29, 0.717) is 0 Å². The van der Waals surface area contributed by atoms with Crippen LogP contribution in [0.5, 0.6) is 0 Å². The monoisotopic (exact) mass is 415 g/mol. The summed E-state index contributed by atoms with van der Waals surface area (Å²) in [6.45, 7) is -0.812. The van der Waals surface area contributed by atoms with Crippen LogP contribution in [0.3, 0.4) is 0 Å². The molecule has 0 aliphatic rings. The Morgan fingerprint density at radius 2 is 1.59 bits per heavy atom. The van der Waals surface area contributed by atoms with E-state index in [1.807, 2.05) is 0 Å². The number of carbonyl (C=O) groups excluding carboxylic acids is 1. The summed E-state index contributed by atoms with van der Waals surface area (Å²) in [5, 5.41) is 18.7. The summed E-state index contributed by atoms with van der Waals surface area (Å²) in [6, 6.07) is 0. The van der Waals surface area contributed by atoms with Crippen LogP contribution in [0.1, 0.15) is 26.4 Å².